The number of carbonyl (C=O) groups excluding carboxylic acids is 1. The van der Waals surface area contributed by atoms with E-state index in [1.807, 2.05) is 13.0 Å². The molecule has 0 spiro atoms. The molecule has 0 aromatic carbocycles. The van der Waals surface area contributed by atoms with E-state index in [2.05, 4.69) is 15.3 Å². The lowest BCUT2D eigenvalue weighted by Gasteiger charge is -2.35. The number of nitrogens with zero attached hydrogens (tertiary/aromatic N) is 2. The van der Waals surface area contributed by atoms with Crippen LogP contribution < -0.4 is 14.8 Å². The molecule has 10 heteroatoms. The predicted molar refractivity (Wildman–Crippen MR) is 109 cm³/mol. The second-order valence-corrected chi connectivity index (χ2v) is 9.03. The average molecular weight is 440 g/mol. The molecule has 0 bridgehead atoms. The van der Waals surface area contributed by atoms with E-state index in [1.54, 1.807) is 6.07 Å². The summed E-state index contributed by atoms with van der Waals surface area (Å²) < 4.78 is 35.9. The van der Waals surface area contributed by atoms with E-state index in [1.165, 1.54) is 18.3 Å². The zero-order valence-electron chi connectivity index (χ0n) is 17.1. The number of aromatic nitrogens is 2. The van der Waals surface area contributed by atoms with Gasteiger partial charge in [0.2, 0.25) is 11.8 Å². The van der Waals surface area contributed by atoms with Crippen LogP contribution in [0.2, 0.25) is 0 Å². The molecule has 4 rings (SSSR count). The van der Waals surface area contributed by atoms with Crippen LogP contribution in [-0.4, -0.2) is 66.7 Å². The highest BCUT2D eigenvalue weighted by Crippen LogP contribution is 2.32. The monoisotopic (exact) mass is 439 g/mol. The van der Waals surface area contributed by atoms with E-state index in [0.717, 1.165) is 12.8 Å². The smallest absolute Gasteiger partial charge is 0.275 e. The highest BCUT2D eigenvalue weighted by atomic mass is 32.1. The third-order valence-corrected chi connectivity index (χ3v) is 5.95. The number of ether oxygens (including phenoxy) is 4. The lowest BCUT2D eigenvalue weighted by Crippen LogP contribution is -2.50. The van der Waals surface area contributed by atoms with Crippen molar-refractivity contribution >= 4 is 27.6 Å². The quantitative estimate of drug-likeness (QED) is 0.608. The van der Waals surface area contributed by atoms with Gasteiger partial charge in [-0.3, -0.25) is 4.79 Å². The molecule has 30 heavy (non-hydrogen) atoms. The fourth-order valence-electron chi connectivity index (χ4n) is 3.34. The van der Waals surface area contributed by atoms with Crippen LogP contribution in [-0.2, 0) is 14.3 Å². The van der Waals surface area contributed by atoms with Crippen LogP contribution in [0.5, 0.6) is 11.1 Å². The molecule has 1 aliphatic heterocycles. The SMILES string of the molecule is CC(=O)NC(C)COC1CC(COc2ccc3nc(OCC4(F)COC4)sc3n2)C1. The zero-order chi connectivity index (χ0) is 21.1. The van der Waals surface area contributed by atoms with Gasteiger partial charge in [-0.2, -0.15) is 0 Å². The number of fused-ring (bicyclic) bond motifs is 1. The number of carbonyl (C=O) groups is 1. The van der Waals surface area contributed by atoms with Crippen molar-refractivity contribution in [1.82, 2.24) is 15.3 Å². The van der Waals surface area contributed by atoms with E-state index >= 15 is 0 Å². The van der Waals surface area contributed by atoms with Crippen molar-refractivity contribution in [3.05, 3.63) is 12.1 Å². The Labute approximate surface area is 178 Å². The first-order valence-corrected chi connectivity index (χ1v) is 10.9. The highest BCUT2D eigenvalue weighted by Gasteiger charge is 2.40. The van der Waals surface area contributed by atoms with Gasteiger partial charge < -0.3 is 24.3 Å². The Morgan fingerprint density at radius 1 is 1.37 bits per heavy atom. The van der Waals surface area contributed by atoms with E-state index in [4.69, 9.17) is 18.9 Å². The number of rotatable bonds is 10. The van der Waals surface area contributed by atoms with Gasteiger partial charge in [0, 0.05) is 19.0 Å². The molecule has 1 unspecified atom stereocenters. The molecule has 1 atom stereocenters. The molecule has 1 saturated carbocycles. The molecule has 1 saturated heterocycles. The van der Waals surface area contributed by atoms with Crippen molar-refractivity contribution in [2.45, 2.75) is 44.5 Å². The van der Waals surface area contributed by atoms with Crippen LogP contribution in [0.25, 0.3) is 10.3 Å². The summed E-state index contributed by atoms with van der Waals surface area (Å²) >= 11 is 1.27. The van der Waals surface area contributed by atoms with E-state index in [0.29, 0.717) is 40.6 Å². The number of thiazole rings is 1. The summed E-state index contributed by atoms with van der Waals surface area (Å²) in [6.45, 7) is 4.59. The maximum Gasteiger partial charge on any atom is 0.275 e. The van der Waals surface area contributed by atoms with E-state index in [-0.39, 0.29) is 37.9 Å². The summed E-state index contributed by atoms with van der Waals surface area (Å²) in [6, 6.07) is 3.62. The van der Waals surface area contributed by atoms with Crippen LogP contribution >= 0.6 is 11.3 Å². The molecule has 0 radical (unpaired) electrons. The Hall–Kier alpha value is -2.04. The molecular formula is C20H26FN3O5S. The van der Waals surface area contributed by atoms with Crippen molar-refractivity contribution in [2.75, 3.05) is 33.0 Å². The fraction of sp³-hybridized carbons (Fsp3) is 0.650. The van der Waals surface area contributed by atoms with Gasteiger partial charge in [-0.05, 0) is 31.7 Å². The van der Waals surface area contributed by atoms with E-state index in [9.17, 15) is 9.18 Å². The van der Waals surface area contributed by atoms with E-state index < -0.39 is 5.67 Å². The molecule has 2 aliphatic rings. The van der Waals surface area contributed by atoms with Gasteiger partial charge in [0.1, 0.15) is 12.1 Å². The molecule has 2 aromatic rings. The summed E-state index contributed by atoms with van der Waals surface area (Å²) in [6.07, 6.45) is 2.08. The minimum atomic E-state index is -1.41. The third-order valence-electron chi connectivity index (χ3n) is 5.08. The summed E-state index contributed by atoms with van der Waals surface area (Å²) in [7, 11) is 0. The number of hydrogen-bond acceptors (Lipinski definition) is 8. The second-order valence-electron chi connectivity index (χ2n) is 8.09. The third kappa shape index (κ3) is 5.35. The normalized spacial score (nSPS) is 23.3. The number of nitrogens with one attached hydrogen (secondary N) is 1. The maximum absolute atomic E-state index is 14.0. The molecule has 1 N–H and O–H groups in total. The first-order valence-electron chi connectivity index (χ1n) is 10.1. The Morgan fingerprint density at radius 2 is 2.17 bits per heavy atom. The van der Waals surface area contributed by atoms with Crippen molar-refractivity contribution in [2.24, 2.45) is 5.92 Å². The Balaban J connectivity index is 1.19. The van der Waals surface area contributed by atoms with Crippen molar-refractivity contribution in [3.63, 3.8) is 0 Å². The van der Waals surface area contributed by atoms with Gasteiger partial charge in [0.05, 0.1) is 32.5 Å². The number of pyridine rings is 1. The first-order chi connectivity index (χ1) is 14.4. The first kappa shape index (κ1) is 21.2. The number of halogens is 1. The summed E-state index contributed by atoms with van der Waals surface area (Å²) in [5, 5.41) is 3.20. The van der Waals surface area contributed by atoms with Gasteiger partial charge in [0.25, 0.3) is 5.19 Å². The molecule has 2 fully saturated rings. The minimum absolute atomic E-state index is 0.0134. The second kappa shape index (κ2) is 8.99. The Morgan fingerprint density at radius 3 is 2.87 bits per heavy atom. The zero-order valence-corrected chi connectivity index (χ0v) is 17.9. The number of amides is 1. The largest absolute Gasteiger partial charge is 0.477 e. The van der Waals surface area contributed by atoms with Gasteiger partial charge in [-0.25, -0.2) is 14.4 Å². The fourth-order valence-corrected chi connectivity index (χ4v) is 4.12. The minimum Gasteiger partial charge on any atom is -0.477 e. The summed E-state index contributed by atoms with van der Waals surface area (Å²) in [5.74, 6) is 0.916. The molecule has 8 nitrogen and oxygen atoms in total. The summed E-state index contributed by atoms with van der Waals surface area (Å²) in [5.41, 5.74) is -0.711. The molecular weight excluding hydrogens is 413 g/mol. The molecule has 1 aliphatic carbocycles. The topological polar surface area (TPSA) is 91.8 Å². The van der Waals surface area contributed by atoms with Crippen LogP contribution in [0.15, 0.2) is 12.1 Å². The van der Waals surface area contributed by atoms with Crippen molar-refractivity contribution in [3.8, 4) is 11.1 Å². The van der Waals surface area contributed by atoms with Gasteiger partial charge >= 0.3 is 0 Å². The summed E-state index contributed by atoms with van der Waals surface area (Å²) in [4.78, 5) is 20.5. The average Bonchev–Trinajstić information content (AvgIpc) is 3.04. The van der Waals surface area contributed by atoms with Crippen LogP contribution in [0.1, 0.15) is 26.7 Å². The van der Waals surface area contributed by atoms with Gasteiger partial charge in [0.15, 0.2) is 10.5 Å². The number of hydrogen-bond donors (Lipinski definition) is 1. The van der Waals surface area contributed by atoms with Gasteiger partial charge in [-0.15, -0.1) is 0 Å². The lowest BCUT2D eigenvalue weighted by molar-refractivity contribution is -0.146. The van der Waals surface area contributed by atoms with Crippen LogP contribution in [0.3, 0.4) is 0 Å². The molecule has 3 heterocycles. The predicted octanol–water partition coefficient (Wildman–Crippen LogP) is 2.51. The Bertz CT molecular complexity index is 884. The number of alkyl halides is 1. The van der Waals surface area contributed by atoms with Crippen molar-refractivity contribution < 1.29 is 28.1 Å². The Kier molecular flexibility index (Phi) is 6.35. The highest BCUT2D eigenvalue weighted by molar-refractivity contribution is 7.19. The van der Waals surface area contributed by atoms with Gasteiger partial charge in [-0.1, -0.05) is 11.3 Å². The lowest BCUT2D eigenvalue weighted by atomic mass is 9.83. The van der Waals surface area contributed by atoms with Crippen molar-refractivity contribution in [1.29, 1.82) is 0 Å². The van der Waals surface area contributed by atoms with Crippen LogP contribution in [0, 0.1) is 5.92 Å². The molecule has 1 amide bonds. The standard InChI is InChI=1S/C20H26FN3O5S/c1-12(22-13(2)25)7-27-15-5-14(6-15)8-28-17-4-3-16-18(24-17)30-19(23-16)29-11-20(21)9-26-10-20/h3-4,12,14-15H,5-11H2,1-2H3,(H,22,25). The maximum atomic E-state index is 14.0. The van der Waals surface area contributed by atoms with Crippen LogP contribution in [0.4, 0.5) is 4.39 Å². The molecule has 2 aromatic heterocycles. The molecule has 164 valence electrons.